The first-order chi connectivity index (χ1) is 10.2. The number of amides is 1. The van der Waals surface area contributed by atoms with E-state index < -0.39 is 0 Å². The summed E-state index contributed by atoms with van der Waals surface area (Å²) in [6.07, 6.45) is 3.96. The summed E-state index contributed by atoms with van der Waals surface area (Å²) in [5.41, 5.74) is 3.54. The Labute approximate surface area is 126 Å². The molecule has 4 nitrogen and oxygen atoms in total. The van der Waals surface area contributed by atoms with Crippen LogP contribution in [0, 0.1) is 5.92 Å². The van der Waals surface area contributed by atoms with Crippen LogP contribution in [0.3, 0.4) is 0 Å². The van der Waals surface area contributed by atoms with Crippen LogP contribution in [-0.4, -0.2) is 25.7 Å². The van der Waals surface area contributed by atoms with Crippen LogP contribution in [0.1, 0.15) is 43.4 Å². The number of ether oxygens (including phenoxy) is 1. The summed E-state index contributed by atoms with van der Waals surface area (Å²) in [6.45, 7) is 2.96. The molecule has 0 spiro atoms. The number of hydrogen-bond donors (Lipinski definition) is 2. The van der Waals surface area contributed by atoms with E-state index in [1.807, 2.05) is 7.05 Å². The van der Waals surface area contributed by atoms with E-state index in [0.29, 0.717) is 24.5 Å². The minimum Gasteiger partial charge on any atom is -0.378 e. The summed E-state index contributed by atoms with van der Waals surface area (Å²) >= 11 is 0. The normalized spacial score (nSPS) is 26.9. The van der Waals surface area contributed by atoms with Gasteiger partial charge in [-0.3, -0.25) is 4.79 Å². The molecule has 2 N–H and O–H groups in total. The highest BCUT2D eigenvalue weighted by molar-refractivity contribution is 5.92. The van der Waals surface area contributed by atoms with Gasteiger partial charge in [0.2, 0.25) is 5.91 Å². The van der Waals surface area contributed by atoms with Crippen LogP contribution in [0.4, 0.5) is 5.69 Å². The molecule has 3 rings (SSSR count). The second-order valence-electron chi connectivity index (χ2n) is 6.22. The maximum Gasteiger partial charge on any atom is 0.224 e. The van der Waals surface area contributed by atoms with Gasteiger partial charge in [0, 0.05) is 24.1 Å². The SMILES string of the molecule is CNC(c1ccc2c(c1)CCCC(=O)N2)C1COC(C)C1. The fraction of sp³-hybridized carbons (Fsp3) is 0.588. The van der Waals surface area contributed by atoms with Gasteiger partial charge in [-0.1, -0.05) is 12.1 Å². The van der Waals surface area contributed by atoms with E-state index in [0.717, 1.165) is 31.6 Å². The van der Waals surface area contributed by atoms with Gasteiger partial charge in [-0.15, -0.1) is 0 Å². The van der Waals surface area contributed by atoms with Gasteiger partial charge in [0.25, 0.3) is 0 Å². The molecule has 2 heterocycles. The average molecular weight is 288 g/mol. The molecule has 2 aliphatic heterocycles. The highest BCUT2D eigenvalue weighted by Gasteiger charge is 2.30. The lowest BCUT2D eigenvalue weighted by Crippen LogP contribution is -2.26. The van der Waals surface area contributed by atoms with Crippen molar-refractivity contribution in [1.82, 2.24) is 5.32 Å². The van der Waals surface area contributed by atoms with Gasteiger partial charge in [-0.2, -0.15) is 0 Å². The van der Waals surface area contributed by atoms with Crippen molar-refractivity contribution < 1.29 is 9.53 Å². The second kappa shape index (κ2) is 6.16. The van der Waals surface area contributed by atoms with Gasteiger partial charge in [-0.05, 0) is 50.4 Å². The van der Waals surface area contributed by atoms with Gasteiger partial charge in [0.05, 0.1) is 12.7 Å². The number of benzene rings is 1. The van der Waals surface area contributed by atoms with Crippen molar-refractivity contribution in [2.45, 2.75) is 44.8 Å². The topological polar surface area (TPSA) is 50.4 Å². The molecule has 1 fully saturated rings. The molecule has 0 aliphatic carbocycles. The lowest BCUT2D eigenvalue weighted by Gasteiger charge is -2.23. The van der Waals surface area contributed by atoms with Crippen molar-refractivity contribution in [3.8, 4) is 0 Å². The van der Waals surface area contributed by atoms with Crippen LogP contribution < -0.4 is 10.6 Å². The Kier molecular flexibility index (Phi) is 4.27. The van der Waals surface area contributed by atoms with E-state index in [9.17, 15) is 4.79 Å². The molecule has 2 aliphatic rings. The molecule has 4 heteroatoms. The van der Waals surface area contributed by atoms with Crippen molar-refractivity contribution in [2.24, 2.45) is 5.92 Å². The molecule has 3 atom stereocenters. The van der Waals surface area contributed by atoms with Crippen molar-refractivity contribution in [3.63, 3.8) is 0 Å². The highest BCUT2D eigenvalue weighted by atomic mass is 16.5. The summed E-state index contributed by atoms with van der Waals surface area (Å²) in [6, 6.07) is 6.76. The fourth-order valence-electron chi connectivity index (χ4n) is 3.55. The number of aryl methyl sites for hydroxylation is 1. The van der Waals surface area contributed by atoms with E-state index in [2.05, 4.69) is 35.8 Å². The van der Waals surface area contributed by atoms with Crippen LogP contribution in [0.2, 0.25) is 0 Å². The first kappa shape index (κ1) is 14.5. The molecule has 1 amide bonds. The molecule has 0 saturated carbocycles. The van der Waals surface area contributed by atoms with E-state index in [4.69, 9.17) is 4.74 Å². The predicted molar refractivity (Wildman–Crippen MR) is 83.3 cm³/mol. The third-order valence-corrected chi connectivity index (χ3v) is 4.62. The highest BCUT2D eigenvalue weighted by Crippen LogP contribution is 2.33. The molecular formula is C17H24N2O2. The van der Waals surface area contributed by atoms with E-state index in [1.54, 1.807) is 0 Å². The summed E-state index contributed by atoms with van der Waals surface area (Å²) in [5.74, 6) is 0.646. The molecule has 0 bridgehead atoms. The van der Waals surface area contributed by atoms with Crippen LogP contribution in [-0.2, 0) is 16.0 Å². The van der Waals surface area contributed by atoms with E-state index in [-0.39, 0.29) is 5.91 Å². The average Bonchev–Trinajstić information content (AvgIpc) is 2.79. The molecule has 3 unspecified atom stereocenters. The van der Waals surface area contributed by atoms with E-state index in [1.165, 1.54) is 11.1 Å². The molecule has 0 aromatic heterocycles. The smallest absolute Gasteiger partial charge is 0.224 e. The number of carbonyl (C=O) groups excluding carboxylic acids is 1. The molecule has 0 radical (unpaired) electrons. The molecule has 114 valence electrons. The third-order valence-electron chi connectivity index (χ3n) is 4.62. The second-order valence-corrected chi connectivity index (χ2v) is 6.22. The van der Waals surface area contributed by atoms with Crippen LogP contribution in [0.5, 0.6) is 0 Å². The number of fused-ring (bicyclic) bond motifs is 1. The van der Waals surface area contributed by atoms with Crippen molar-refractivity contribution in [3.05, 3.63) is 29.3 Å². The first-order valence-corrected chi connectivity index (χ1v) is 7.89. The first-order valence-electron chi connectivity index (χ1n) is 7.89. The molecule has 1 aromatic rings. The zero-order valence-corrected chi connectivity index (χ0v) is 12.8. The van der Waals surface area contributed by atoms with Gasteiger partial charge in [0.1, 0.15) is 0 Å². The Morgan fingerprint density at radius 2 is 2.24 bits per heavy atom. The van der Waals surface area contributed by atoms with Crippen molar-refractivity contribution in [2.75, 3.05) is 19.0 Å². The number of nitrogens with one attached hydrogen (secondary N) is 2. The van der Waals surface area contributed by atoms with Crippen molar-refractivity contribution in [1.29, 1.82) is 0 Å². The summed E-state index contributed by atoms with van der Waals surface area (Å²) in [7, 11) is 2.01. The quantitative estimate of drug-likeness (QED) is 0.899. The minimum atomic E-state index is 0.129. The number of anilines is 1. The Balaban J connectivity index is 1.84. The molecular weight excluding hydrogens is 264 g/mol. The van der Waals surface area contributed by atoms with Gasteiger partial charge < -0.3 is 15.4 Å². The molecule has 1 aromatic carbocycles. The Morgan fingerprint density at radius 3 is 2.95 bits per heavy atom. The standard InChI is InChI=1S/C17H24N2O2/c1-11-8-14(10-21-11)17(18-2)13-6-7-15-12(9-13)4-3-5-16(20)19-15/h6-7,9,11,14,17-18H,3-5,8,10H2,1-2H3,(H,19,20). The summed E-state index contributed by atoms with van der Waals surface area (Å²) in [4.78, 5) is 11.6. The Morgan fingerprint density at radius 1 is 1.38 bits per heavy atom. The maximum atomic E-state index is 11.6. The number of hydrogen-bond acceptors (Lipinski definition) is 3. The maximum absolute atomic E-state index is 11.6. The van der Waals surface area contributed by atoms with Crippen molar-refractivity contribution >= 4 is 11.6 Å². The monoisotopic (exact) mass is 288 g/mol. The van der Waals surface area contributed by atoms with Crippen LogP contribution >= 0.6 is 0 Å². The van der Waals surface area contributed by atoms with Crippen LogP contribution in [0.25, 0.3) is 0 Å². The number of carbonyl (C=O) groups is 1. The van der Waals surface area contributed by atoms with Gasteiger partial charge >= 0.3 is 0 Å². The lowest BCUT2D eigenvalue weighted by molar-refractivity contribution is -0.116. The van der Waals surface area contributed by atoms with Crippen LogP contribution in [0.15, 0.2) is 18.2 Å². The van der Waals surface area contributed by atoms with Gasteiger partial charge in [0.15, 0.2) is 0 Å². The zero-order valence-electron chi connectivity index (χ0n) is 12.8. The fourth-order valence-corrected chi connectivity index (χ4v) is 3.55. The molecule has 1 saturated heterocycles. The zero-order chi connectivity index (χ0) is 14.8. The Hall–Kier alpha value is -1.39. The van der Waals surface area contributed by atoms with Gasteiger partial charge in [-0.25, -0.2) is 0 Å². The Bertz CT molecular complexity index is 530. The van der Waals surface area contributed by atoms with E-state index >= 15 is 0 Å². The number of rotatable bonds is 3. The summed E-state index contributed by atoms with van der Waals surface area (Å²) < 4.78 is 5.72. The largest absolute Gasteiger partial charge is 0.378 e. The molecule has 21 heavy (non-hydrogen) atoms. The minimum absolute atomic E-state index is 0.129. The third kappa shape index (κ3) is 3.11. The lowest BCUT2D eigenvalue weighted by atomic mass is 9.89. The predicted octanol–water partition coefficient (Wildman–Crippen LogP) is 2.65. The summed E-state index contributed by atoms with van der Waals surface area (Å²) in [5, 5.41) is 6.44.